The lowest BCUT2D eigenvalue weighted by molar-refractivity contribution is -0.122. The molecule has 19 heavy (non-hydrogen) atoms. The zero-order valence-corrected chi connectivity index (χ0v) is 11.1. The van der Waals surface area contributed by atoms with Crippen molar-refractivity contribution in [3.05, 3.63) is 35.4 Å². The van der Waals surface area contributed by atoms with Crippen molar-refractivity contribution in [1.29, 1.82) is 0 Å². The van der Waals surface area contributed by atoms with Crippen molar-refractivity contribution in [1.82, 2.24) is 5.32 Å². The molecule has 4 nitrogen and oxygen atoms in total. The first-order valence-electron chi connectivity index (χ1n) is 6.94. The topological polar surface area (TPSA) is 75.4 Å². The summed E-state index contributed by atoms with van der Waals surface area (Å²) in [6, 6.07) is 7.67. The summed E-state index contributed by atoms with van der Waals surface area (Å²) in [5, 5.41) is 12.8. The molecule has 0 heterocycles. The lowest BCUT2D eigenvalue weighted by Crippen LogP contribution is -2.45. The third kappa shape index (κ3) is 4.04. The highest BCUT2D eigenvalue weighted by Crippen LogP contribution is 2.18. The Bertz CT molecular complexity index is 417. The SMILES string of the molecule is NCc1ccc(CC(=O)N[C@@H]2CCCC[C@H]2O)cc1. The summed E-state index contributed by atoms with van der Waals surface area (Å²) in [5.41, 5.74) is 7.57. The Balaban J connectivity index is 1.86. The number of benzene rings is 1. The van der Waals surface area contributed by atoms with Gasteiger partial charge in [-0.05, 0) is 24.0 Å². The first-order chi connectivity index (χ1) is 9.19. The Labute approximate surface area is 114 Å². The molecule has 1 aromatic carbocycles. The van der Waals surface area contributed by atoms with E-state index in [4.69, 9.17) is 5.73 Å². The summed E-state index contributed by atoms with van der Waals surface area (Å²) in [4.78, 5) is 11.9. The van der Waals surface area contributed by atoms with Gasteiger partial charge < -0.3 is 16.2 Å². The van der Waals surface area contributed by atoms with E-state index < -0.39 is 6.10 Å². The lowest BCUT2D eigenvalue weighted by Gasteiger charge is -2.28. The highest BCUT2D eigenvalue weighted by Gasteiger charge is 2.24. The van der Waals surface area contributed by atoms with Crippen molar-refractivity contribution in [2.75, 3.05) is 0 Å². The fourth-order valence-corrected chi connectivity index (χ4v) is 2.52. The maximum absolute atomic E-state index is 11.9. The molecule has 1 aromatic rings. The monoisotopic (exact) mass is 262 g/mol. The molecule has 0 saturated heterocycles. The van der Waals surface area contributed by atoms with E-state index in [9.17, 15) is 9.90 Å². The molecule has 1 amide bonds. The van der Waals surface area contributed by atoms with Crippen LogP contribution in [0.15, 0.2) is 24.3 Å². The van der Waals surface area contributed by atoms with Gasteiger partial charge in [-0.3, -0.25) is 4.79 Å². The van der Waals surface area contributed by atoms with Crippen molar-refractivity contribution in [2.24, 2.45) is 5.73 Å². The van der Waals surface area contributed by atoms with Crippen molar-refractivity contribution in [2.45, 2.75) is 50.8 Å². The molecule has 2 atom stereocenters. The molecule has 4 heteroatoms. The standard InChI is InChI=1S/C15H22N2O2/c16-10-12-7-5-11(6-8-12)9-15(19)17-13-3-1-2-4-14(13)18/h5-8,13-14,18H,1-4,9-10,16H2,(H,17,19)/t13-,14-/m1/s1. The van der Waals surface area contributed by atoms with Crippen LogP contribution in [-0.2, 0) is 17.8 Å². The predicted molar refractivity (Wildman–Crippen MR) is 74.4 cm³/mol. The average molecular weight is 262 g/mol. The van der Waals surface area contributed by atoms with Crippen LogP contribution in [-0.4, -0.2) is 23.2 Å². The smallest absolute Gasteiger partial charge is 0.224 e. The van der Waals surface area contributed by atoms with Crippen LogP contribution >= 0.6 is 0 Å². The zero-order chi connectivity index (χ0) is 13.7. The van der Waals surface area contributed by atoms with Crippen LogP contribution in [0.3, 0.4) is 0 Å². The maximum Gasteiger partial charge on any atom is 0.224 e. The molecule has 0 bridgehead atoms. The van der Waals surface area contributed by atoms with Gasteiger partial charge in [-0.2, -0.15) is 0 Å². The highest BCUT2D eigenvalue weighted by atomic mass is 16.3. The molecule has 0 aromatic heterocycles. The molecule has 0 aliphatic heterocycles. The van der Waals surface area contributed by atoms with Crippen LogP contribution in [0.2, 0.25) is 0 Å². The molecule has 1 fully saturated rings. The summed E-state index contributed by atoms with van der Waals surface area (Å²) >= 11 is 0. The molecule has 1 aliphatic rings. The average Bonchev–Trinajstić information content (AvgIpc) is 2.42. The van der Waals surface area contributed by atoms with E-state index in [2.05, 4.69) is 5.32 Å². The van der Waals surface area contributed by atoms with Gasteiger partial charge in [0.05, 0.1) is 18.6 Å². The third-order valence-corrected chi connectivity index (χ3v) is 3.70. The second-order valence-corrected chi connectivity index (χ2v) is 5.22. The van der Waals surface area contributed by atoms with Crippen LogP contribution in [0, 0.1) is 0 Å². The minimum absolute atomic E-state index is 0.0218. The van der Waals surface area contributed by atoms with Crippen molar-refractivity contribution in [3.63, 3.8) is 0 Å². The second kappa shape index (κ2) is 6.68. The first kappa shape index (κ1) is 14.0. The first-order valence-corrected chi connectivity index (χ1v) is 6.94. The summed E-state index contributed by atoms with van der Waals surface area (Å²) in [7, 11) is 0. The number of aliphatic hydroxyl groups is 1. The van der Waals surface area contributed by atoms with Crippen molar-refractivity contribution in [3.8, 4) is 0 Å². The van der Waals surface area contributed by atoms with E-state index in [0.29, 0.717) is 13.0 Å². The molecule has 4 N–H and O–H groups in total. The molecule has 0 radical (unpaired) electrons. The zero-order valence-electron chi connectivity index (χ0n) is 11.1. The Morgan fingerprint density at radius 3 is 2.47 bits per heavy atom. The van der Waals surface area contributed by atoms with E-state index in [1.165, 1.54) is 0 Å². The maximum atomic E-state index is 11.9. The molecular weight excluding hydrogens is 240 g/mol. The number of carbonyl (C=O) groups excluding carboxylic acids is 1. The summed E-state index contributed by atoms with van der Waals surface area (Å²) in [6.45, 7) is 0.515. The molecule has 104 valence electrons. The van der Waals surface area contributed by atoms with E-state index in [-0.39, 0.29) is 11.9 Å². The van der Waals surface area contributed by atoms with Crippen LogP contribution in [0.4, 0.5) is 0 Å². The predicted octanol–water partition coefficient (Wildman–Crippen LogP) is 1.11. The molecule has 0 spiro atoms. The number of aliphatic hydroxyl groups excluding tert-OH is 1. The lowest BCUT2D eigenvalue weighted by atomic mass is 9.92. The van der Waals surface area contributed by atoms with Gasteiger partial charge in [0.15, 0.2) is 0 Å². The molecule has 2 rings (SSSR count). The molecule has 1 saturated carbocycles. The molecule has 0 unspecified atom stereocenters. The number of carbonyl (C=O) groups is 1. The van der Waals surface area contributed by atoms with Crippen molar-refractivity contribution < 1.29 is 9.90 Å². The van der Waals surface area contributed by atoms with Crippen LogP contribution in [0.5, 0.6) is 0 Å². The van der Waals surface area contributed by atoms with E-state index in [1.807, 2.05) is 24.3 Å². The number of rotatable bonds is 4. The Kier molecular flexibility index (Phi) is 4.93. The fraction of sp³-hybridized carbons (Fsp3) is 0.533. The van der Waals surface area contributed by atoms with Crippen LogP contribution in [0.25, 0.3) is 0 Å². The van der Waals surface area contributed by atoms with Gasteiger partial charge in [-0.25, -0.2) is 0 Å². The fourth-order valence-electron chi connectivity index (χ4n) is 2.52. The molecular formula is C15H22N2O2. The highest BCUT2D eigenvalue weighted by molar-refractivity contribution is 5.78. The van der Waals surface area contributed by atoms with Crippen LogP contribution in [0.1, 0.15) is 36.8 Å². The van der Waals surface area contributed by atoms with Gasteiger partial charge in [-0.1, -0.05) is 37.1 Å². The van der Waals surface area contributed by atoms with Crippen LogP contribution < -0.4 is 11.1 Å². The minimum Gasteiger partial charge on any atom is -0.391 e. The van der Waals surface area contributed by atoms with Gasteiger partial charge >= 0.3 is 0 Å². The summed E-state index contributed by atoms with van der Waals surface area (Å²) in [6.07, 6.45) is 3.75. The number of hydrogen-bond donors (Lipinski definition) is 3. The number of nitrogens with one attached hydrogen (secondary N) is 1. The number of hydrogen-bond acceptors (Lipinski definition) is 3. The summed E-state index contributed by atoms with van der Waals surface area (Å²) < 4.78 is 0. The Morgan fingerprint density at radius 2 is 1.84 bits per heavy atom. The quantitative estimate of drug-likeness (QED) is 0.761. The minimum atomic E-state index is -0.391. The van der Waals surface area contributed by atoms with Gasteiger partial charge in [0.25, 0.3) is 0 Å². The largest absolute Gasteiger partial charge is 0.391 e. The van der Waals surface area contributed by atoms with Crippen molar-refractivity contribution >= 4 is 5.91 Å². The second-order valence-electron chi connectivity index (χ2n) is 5.22. The van der Waals surface area contributed by atoms with E-state index >= 15 is 0 Å². The Hall–Kier alpha value is -1.39. The van der Waals surface area contributed by atoms with Gasteiger partial charge in [0.1, 0.15) is 0 Å². The van der Waals surface area contributed by atoms with Gasteiger partial charge in [0, 0.05) is 6.54 Å². The molecule has 1 aliphatic carbocycles. The Morgan fingerprint density at radius 1 is 1.21 bits per heavy atom. The number of nitrogens with two attached hydrogens (primary N) is 1. The van der Waals surface area contributed by atoms with E-state index in [0.717, 1.165) is 36.8 Å². The number of amides is 1. The third-order valence-electron chi connectivity index (χ3n) is 3.70. The van der Waals surface area contributed by atoms with Gasteiger partial charge in [-0.15, -0.1) is 0 Å². The van der Waals surface area contributed by atoms with E-state index in [1.54, 1.807) is 0 Å². The summed E-state index contributed by atoms with van der Waals surface area (Å²) in [5.74, 6) is -0.0218. The van der Waals surface area contributed by atoms with Gasteiger partial charge in [0.2, 0.25) is 5.91 Å². The normalized spacial score (nSPS) is 23.1.